The SMILES string of the molecule is CN=C(NCCOc1ccccc1)NCCc1nc(C(C)C)no1.I. The van der Waals surface area contributed by atoms with Crippen LogP contribution < -0.4 is 15.4 Å². The summed E-state index contributed by atoms with van der Waals surface area (Å²) >= 11 is 0. The molecule has 0 aliphatic heterocycles. The van der Waals surface area contributed by atoms with Gasteiger partial charge in [-0.25, -0.2) is 0 Å². The monoisotopic (exact) mass is 459 g/mol. The smallest absolute Gasteiger partial charge is 0.228 e. The Labute approximate surface area is 165 Å². The second kappa shape index (κ2) is 11.7. The summed E-state index contributed by atoms with van der Waals surface area (Å²) in [5, 5.41) is 10.4. The van der Waals surface area contributed by atoms with Crippen molar-refractivity contribution < 1.29 is 9.26 Å². The number of guanidine groups is 1. The number of para-hydroxylation sites is 1. The molecule has 0 aliphatic rings. The number of hydrogen-bond donors (Lipinski definition) is 2. The van der Waals surface area contributed by atoms with Gasteiger partial charge >= 0.3 is 0 Å². The minimum atomic E-state index is 0. The van der Waals surface area contributed by atoms with Crippen LogP contribution in [0, 0.1) is 0 Å². The molecule has 0 saturated heterocycles. The molecule has 1 heterocycles. The highest BCUT2D eigenvalue weighted by molar-refractivity contribution is 14.0. The molecule has 2 N–H and O–H groups in total. The molecule has 0 saturated carbocycles. The molecule has 1 aromatic carbocycles. The van der Waals surface area contributed by atoms with E-state index in [-0.39, 0.29) is 29.9 Å². The van der Waals surface area contributed by atoms with E-state index >= 15 is 0 Å². The summed E-state index contributed by atoms with van der Waals surface area (Å²) < 4.78 is 10.8. The first-order valence-electron chi connectivity index (χ1n) is 8.14. The molecule has 0 bridgehead atoms. The lowest BCUT2D eigenvalue weighted by atomic mass is 10.2. The van der Waals surface area contributed by atoms with Gasteiger partial charge < -0.3 is 19.9 Å². The summed E-state index contributed by atoms with van der Waals surface area (Å²) in [6.45, 7) is 5.96. The number of rotatable bonds is 8. The quantitative estimate of drug-likeness (QED) is 0.273. The number of halogens is 1. The molecule has 2 aromatic rings. The Morgan fingerprint density at radius 3 is 2.56 bits per heavy atom. The molecule has 8 heteroatoms. The Kier molecular flexibility index (Phi) is 9.90. The maximum atomic E-state index is 5.62. The minimum Gasteiger partial charge on any atom is -0.492 e. The summed E-state index contributed by atoms with van der Waals surface area (Å²) in [5.41, 5.74) is 0. The lowest BCUT2D eigenvalue weighted by Gasteiger charge is -2.11. The fourth-order valence-corrected chi connectivity index (χ4v) is 1.97. The van der Waals surface area contributed by atoms with Gasteiger partial charge in [0.2, 0.25) is 5.89 Å². The van der Waals surface area contributed by atoms with Crippen molar-refractivity contribution in [2.45, 2.75) is 26.2 Å². The van der Waals surface area contributed by atoms with Crippen LogP contribution in [0.1, 0.15) is 31.5 Å². The molecule has 1 aromatic heterocycles. The van der Waals surface area contributed by atoms with Crippen LogP contribution in [0.5, 0.6) is 5.75 Å². The number of aromatic nitrogens is 2. The summed E-state index contributed by atoms with van der Waals surface area (Å²) in [7, 11) is 1.73. The molecular weight excluding hydrogens is 433 g/mol. The fraction of sp³-hybridized carbons (Fsp3) is 0.471. The van der Waals surface area contributed by atoms with E-state index in [9.17, 15) is 0 Å². The van der Waals surface area contributed by atoms with Gasteiger partial charge in [0.15, 0.2) is 11.8 Å². The largest absolute Gasteiger partial charge is 0.492 e. The number of ether oxygens (including phenoxy) is 1. The van der Waals surface area contributed by atoms with Crippen molar-refractivity contribution in [3.8, 4) is 5.75 Å². The van der Waals surface area contributed by atoms with Crippen molar-refractivity contribution in [3.05, 3.63) is 42.0 Å². The first kappa shape index (κ1) is 21.2. The van der Waals surface area contributed by atoms with Gasteiger partial charge in [-0.1, -0.05) is 37.2 Å². The zero-order valence-electron chi connectivity index (χ0n) is 14.9. The Morgan fingerprint density at radius 2 is 1.92 bits per heavy atom. The Balaban J connectivity index is 0.00000312. The van der Waals surface area contributed by atoms with Crippen molar-refractivity contribution in [2.75, 3.05) is 26.7 Å². The van der Waals surface area contributed by atoms with Crippen LogP contribution >= 0.6 is 24.0 Å². The lowest BCUT2D eigenvalue weighted by molar-refractivity contribution is 0.322. The zero-order valence-corrected chi connectivity index (χ0v) is 17.2. The molecule has 0 unspecified atom stereocenters. The van der Waals surface area contributed by atoms with Crippen LogP contribution in [0.2, 0.25) is 0 Å². The predicted octanol–water partition coefficient (Wildman–Crippen LogP) is 2.60. The number of nitrogens with one attached hydrogen (secondary N) is 2. The average molecular weight is 459 g/mol. The molecule has 0 spiro atoms. The van der Waals surface area contributed by atoms with Gasteiger partial charge in [0.05, 0.1) is 6.54 Å². The Morgan fingerprint density at radius 1 is 1.20 bits per heavy atom. The molecule has 0 fully saturated rings. The first-order valence-corrected chi connectivity index (χ1v) is 8.14. The highest BCUT2D eigenvalue weighted by Gasteiger charge is 2.09. The van der Waals surface area contributed by atoms with Gasteiger partial charge in [-0.05, 0) is 12.1 Å². The lowest BCUT2D eigenvalue weighted by Crippen LogP contribution is -2.40. The van der Waals surface area contributed by atoms with Crippen LogP contribution in [0.25, 0.3) is 0 Å². The van der Waals surface area contributed by atoms with E-state index in [1.54, 1.807) is 7.05 Å². The third-order valence-electron chi connectivity index (χ3n) is 3.26. The second-order valence-corrected chi connectivity index (χ2v) is 5.54. The number of hydrogen-bond acceptors (Lipinski definition) is 5. The summed E-state index contributed by atoms with van der Waals surface area (Å²) in [6.07, 6.45) is 0.654. The second-order valence-electron chi connectivity index (χ2n) is 5.54. The maximum Gasteiger partial charge on any atom is 0.228 e. The molecule has 2 rings (SSSR count). The van der Waals surface area contributed by atoms with Crippen molar-refractivity contribution in [1.29, 1.82) is 0 Å². The van der Waals surface area contributed by atoms with Crippen molar-refractivity contribution in [2.24, 2.45) is 4.99 Å². The Hall–Kier alpha value is -1.84. The molecule has 138 valence electrons. The first-order chi connectivity index (χ1) is 11.7. The van der Waals surface area contributed by atoms with Gasteiger partial charge in [0.25, 0.3) is 0 Å². The van der Waals surface area contributed by atoms with E-state index in [0.717, 1.165) is 17.5 Å². The number of nitrogens with zero attached hydrogens (tertiary/aromatic N) is 3. The highest BCUT2D eigenvalue weighted by atomic mass is 127. The normalized spacial score (nSPS) is 11.1. The maximum absolute atomic E-state index is 5.62. The van der Waals surface area contributed by atoms with Crippen molar-refractivity contribution in [1.82, 2.24) is 20.8 Å². The summed E-state index contributed by atoms with van der Waals surface area (Å²) in [4.78, 5) is 8.51. The van der Waals surface area contributed by atoms with Gasteiger partial charge in [0, 0.05) is 25.9 Å². The summed E-state index contributed by atoms with van der Waals surface area (Å²) in [5.74, 6) is 3.23. The van der Waals surface area contributed by atoms with E-state index in [1.807, 2.05) is 44.2 Å². The molecule has 7 nitrogen and oxygen atoms in total. The van der Waals surface area contributed by atoms with E-state index in [1.165, 1.54) is 0 Å². The predicted molar refractivity (Wildman–Crippen MR) is 109 cm³/mol. The minimum absolute atomic E-state index is 0. The van der Waals surface area contributed by atoms with Gasteiger partial charge in [-0.2, -0.15) is 4.98 Å². The topological polar surface area (TPSA) is 84.6 Å². The molecule has 0 atom stereocenters. The molecule has 0 aliphatic carbocycles. The Bertz CT molecular complexity index is 631. The van der Waals surface area contributed by atoms with Gasteiger partial charge in [-0.3, -0.25) is 4.99 Å². The number of benzene rings is 1. The van der Waals surface area contributed by atoms with E-state index < -0.39 is 0 Å². The van der Waals surface area contributed by atoms with E-state index in [2.05, 4.69) is 25.8 Å². The van der Waals surface area contributed by atoms with Crippen molar-refractivity contribution in [3.63, 3.8) is 0 Å². The third kappa shape index (κ3) is 7.72. The fourth-order valence-electron chi connectivity index (χ4n) is 1.97. The van der Waals surface area contributed by atoms with E-state index in [4.69, 9.17) is 9.26 Å². The standard InChI is InChI=1S/C17H25N5O2.HI/c1-13(2)16-21-15(24-22-16)9-10-19-17(18-3)20-11-12-23-14-7-5-4-6-8-14;/h4-8,13H,9-12H2,1-3H3,(H2,18,19,20);1H. The molecule has 0 radical (unpaired) electrons. The highest BCUT2D eigenvalue weighted by Crippen LogP contribution is 2.09. The van der Waals surface area contributed by atoms with Gasteiger partial charge in [-0.15, -0.1) is 24.0 Å². The number of aliphatic imine (C=N–C) groups is 1. The van der Waals surface area contributed by atoms with Gasteiger partial charge in [0.1, 0.15) is 12.4 Å². The average Bonchev–Trinajstić information content (AvgIpc) is 3.07. The van der Waals surface area contributed by atoms with Crippen LogP contribution in [0.3, 0.4) is 0 Å². The summed E-state index contributed by atoms with van der Waals surface area (Å²) in [6, 6.07) is 9.73. The molecule has 25 heavy (non-hydrogen) atoms. The molecule has 0 amide bonds. The third-order valence-corrected chi connectivity index (χ3v) is 3.26. The molecular formula is C17H26IN5O2. The van der Waals surface area contributed by atoms with Crippen LogP contribution in [-0.2, 0) is 6.42 Å². The van der Waals surface area contributed by atoms with E-state index in [0.29, 0.717) is 32.0 Å². The van der Waals surface area contributed by atoms with Crippen LogP contribution in [0.4, 0.5) is 0 Å². The zero-order chi connectivity index (χ0) is 17.2. The van der Waals surface area contributed by atoms with Crippen LogP contribution in [0.15, 0.2) is 39.8 Å². The van der Waals surface area contributed by atoms with Crippen molar-refractivity contribution >= 4 is 29.9 Å². The van der Waals surface area contributed by atoms with Crippen LogP contribution in [-0.4, -0.2) is 42.8 Å².